The Bertz CT molecular complexity index is 435. The Morgan fingerprint density at radius 3 is 2.95 bits per heavy atom. The van der Waals surface area contributed by atoms with Crippen molar-refractivity contribution in [2.75, 3.05) is 0 Å². The van der Waals surface area contributed by atoms with Gasteiger partial charge in [-0.15, -0.1) is 0 Å². The predicted octanol–water partition coefficient (Wildman–Crippen LogP) is 2.65. The third-order valence-electron chi connectivity index (χ3n) is 4.81. The molecule has 2 atom stereocenters. The normalized spacial score (nSPS) is 27.0. The highest BCUT2D eigenvalue weighted by atomic mass is 16.5. The summed E-state index contributed by atoms with van der Waals surface area (Å²) in [6, 6.07) is 0.158. The highest BCUT2D eigenvalue weighted by Gasteiger charge is 2.40. The van der Waals surface area contributed by atoms with E-state index in [2.05, 4.69) is 15.7 Å². The minimum absolute atomic E-state index is 0.158. The van der Waals surface area contributed by atoms with Gasteiger partial charge < -0.3 is 15.0 Å². The SMILES string of the molecule is CC(N)Cc1nccn1CC1CCC2(CCCCC2)O1. The molecule has 1 saturated carbocycles. The smallest absolute Gasteiger partial charge is 0.110 e. The number of aromatic nitrogens is 2. The van der Waals surface area contributed by atoms with E-state index >= 15 is 0 Å². The molecule has 1 aromatic rings. The maximum absolute atomic E-state index is 6.44. The standard InChI is InChI=1S/C16H27N3O/c1-13(17)11-15-18-9-10-19(15)12-14-5-8-16(20-14)6-3-2-4-7-16/h9-10,13-14H,2-8,11-12,17H2,1H3. The summed E-state index contributed by atoms with van der Waals surface area (Å²) in [7, 11) is 0. The topological polar surface area (TPSA) is 53.1 Å². The van der Waals surface area contributed by atoms with Gasteiger partial charge in [0.1, 0.15) is 5.82 Å². The maximum Gasteiger partial charge on any atom is 0.110 e. The average molecular weight is 277 g/mol. The molecule has 0 aromatic carbocycles. The van der Waals surface area contributed by atoms with Crippen molar-refractivity contribution in [3.63, 3.8) is 0 Å². The van der Waals surface area contributed by atoms with Gasteiger partial charge in [0.05, 0.1) is 18.2 Å². The van der Waals surface area contributed by atoms with E-state index in [0.29, 0.717) is 6.10 Å². The van der Waals surface area contributed by atoms with Crippen LogP contribution in [0.5, 0.6) is 0 Å². The van der Waals surface area contributed by atoms with E-state index in [1.54, 1.807) is 0 Å². The first kappa shape index (κ1) is 14.1. The zero-order valence-electron chi connectivity index (χ0n) is 12.6. The van der Waals surface area contributed by atoms with Crippen LogP contribution in [0.15, 0.2) is 12.4 Å². The van der Waals surface area contributed by atoms with E-state index in [9.17, 15) is 0 Å². The molecular formula is C16H27N3O. The van der Waals surface area contributed by atoms with E-state index in [1.807, 2.05) is 13.1 Å². The largest absolute Gasteiger partial charge is 0.370 e. The van der Waals surface area contributed by atoms with E-state index in [4.69, 9.17) is 10.5 Å². The summed E-state index contributed by atoms with van der Waals surface area (Å²) in [6.45, 7) is 2.96. The number of nitrogens with two attached hydrogens (primary N) is 1. The number of rotatable bonds is 4. The summed E-state index contributed by atoms with van der Waals surface area (Å²) in [6.07, 6.45) is 14.2. The Balaban J connectivity index is 1.60. The van der Waals surface area contributed by atoms with Gasteiger partial charge in [-0.25, -0.2) is 4.98 Å². The van der Waals surface area contributed by atoms with Crippen molar-refractivity contribution in [3.05, 3.63) is 18.2 Å². The lowest BCUT2D eigenvalue weighted by molar-refractivity contribution is -0.0681. The third kappa shape index (κ3) is 3.07. The Hall–Kier alpha value is -0.870. The molecule has 2 unspecified atom stereocenters. The molecule has 1 spiro atoms. The number of imidazole rings is 1. The van der Waals surface area contributed by atoms with Crippen molar-refractivity contribution in [1.82, 2.24) is 9.55 Å². The van der Waals surface area contributed by atoms with Gasteiger partial charge in [0.15, 0.2) is 0 Å². The van der Waals surface area contributed by atoms with Gasteiger partial charge in [0.25, 0.3) is 0 Å². The van der Waals surface area contributed by atoms with E-state index in [1.165, 1.54) is 44.9 Å². The van der Waals surface area contributed by atoms with Crippen LogP contribution in [0.1, 0.15) is 57.7 Å². The fourth-order valence-corrected chi connectivity index (χ4v) is 3.79. The highest BCUT2D eigenvalue weighted by Crippen LogP contribution is 2.42. The van der Waals surface area contributed by atoms with Gasteiger partial charge in [-0.2, -0.15) is 0 Å². The van der Waals surface area contributed by atoms with E-state index < -0.39 is 0 Å². The van der Waals surface area contributed by atoms with Crippen LogP contribution in [0, 0.1) is 0 Å². The molecule has 2 aliphatic rings. The predicted molar refractivity (Wildman–Crippen MR) is 79.5 cm³/mol. The summed E-state index contributed by atoms with van der Waals surface area (Å²) in [5.74, 6) is 1.09. The van der Waals surface area contributed by atoms with Crippen LogP contribution in [-0.2, 0) is 17.7 Å². The molecule has 2 N–H and O–H groups in total. The van der Waals surface area contributed by atoms with Crippen molar-refractivity contribution in [3.8, 4) is 0 Å². The van der Waals surface area contributed by atoms with Crippen molar-refractivity contribution < 1.29 is 4.74 Å². The molecule has 112 valence electrons. The lowest BCUT2D eigenvalue weighted by atomic mass is 9.83. The summed E-state index contributed by atoms with van der Waals surface area (Å²) in [5, 5.41) is 0. The lowest BCUT2D eigenvalue weighted by Gasteiger charge is -2.33. The molecule has 20 heavy (non-hydrogen) atoms. The second kappa shape index (κ2) is 5.86. The van der Waals surface area contributed by atoms with Crippen molar-refractivity contribution in [2.24, 2.45) is 5.73 Å². The molecule has 0 amide bonds. The first-order valence-electron chi connectivity index (χ1n) is 8.10. The van der Waals surface area contributed by atoms with Gasteiger partial charge >= 0.3 is 0 Å². The fraction of sp³-hybridized carbons (Fsp3) is 0.812. The molecule has 2 fully saturated rings. The van der Waals surface area contributed by atoms with Crippen LogP contribution >= 0.6 is 0 Å². The summed E-state index contributed by atoms with van der Waals surface area (Å²) in [4.78, 5) is 4.43. The zero-order chi connectivity index (χ0) is 14.0. The van der Waals surface area contributed by atoms with Crippen LogP contribution in [0.2, 0.25) is 0 Å². The molecule has 4 nitrogen and oxygen atoms in total. The van der Waals surface area contributed by atoms with Crippen LogP contribution in [0.25, 0.3) is 0 Å². The van der Waals surface area contributed by atoms with Gasteiger partial charge in [-0.3, -0.25) is 0 Å². The van der Waals surface area contributed by atoms with Crippen molar-refractivity contribution in [1.29, 1.82) is 0 Å². The van der Waals surface area contributed by atoms with Gasteiger partial charge in [0.2, 0.25) is 0 Å². The molecule has 3 rings (SSSR count). The molecule has 0 radical (unpaired) electrons. The number of hydrogen-bond acceptors (Lipinski definition) is 3. The van der Waals surface area contributed by atoms with Gasteiger partial charge in [-0.05, 0) is 32.6 Å². The minimum Gasteiger partial charge on any atom is -0.370 e. The van der Waals surface area contributed by atoms with Crippen LogP contribution in [-0.4, -0.2) is 27.3 Å². The minimum atomic E-state index is 0.158. The maximum atomic E-state index is 6.44. The van der Waals surface area contributed by atoms with Crippen molar-refractivity contribution in [2.45, 2.75) is 82.6 Å². The Labute approximate surface area is 121 Å². The molecule has 1 aliphatic heterocycles. The lowest BCUT2D eigenvalue weighted by Crippen LogP contribution is -2.32. The first-order chi connectivity index (χ1) is 9.67. The Morgan fingerprint density at radius 2 is 2.20 bits per heavy atom. The number of nitrogens with zero attached hydrogens (tertiary/aromatic N) is 2. The third-order valence-corrected chi connectivity index (χ3v) is 4.81. The summed E-state index contributed by atoms with van der Waals surface area (Å²) >= 11 is 0. The second-order valence-corrected chi connectivity index (χ2v) is 6.70. The second-order valence-electron chi connectivity index (χ2n) is 6.70. The Morgan fingerprint density at radius 1 is 1.40 bits per heavy atom. The van der Waals surface area contributed by atoms with Gasteiger partial charge in [0, 0.05) is 24.9 Å². The molecule has 0 bridgehead atoms. The molecule has 1 aliphatic carbocycles. The monoisotopic (exact) mass is 277 g/mol. The van der Waals surface area contributed by atoms with Crippen LogP contribution in [0.4, 0.5) is 0 Å². The molecule has 2 heterocycles. The fourth-order valence-electron chi connectivity index (χ4n) is 3.79. The van der Waals surface area contributed by atoms with E-state index in [0.717, 1.165) is 18.8 Å². The van der Waals surface area contributed by atoms with Crippen LogP contribution < -0.4 is 5.73 Å². The van der Waals surface area contributed by atoms with E-state index in [-0.39, 0.29) is 11.6 Å². The van der Waals surface area contributed by atoms with Crippen LogP contribution in [0.3, 0.4) is 0 Å². The first-order valence-corrected chi connectivity index (χ1v) is 8.10. The molecule has 4 heteroatoms. The average Bonchev–Trinajstić information content (AvgIpc) is 2.99. The molecule has 1 aromatic heterocycles. The van der Waals surface area contributed by atoms with Crippen molar-refractivity contribution >= 4 is 0 Å². The number of hydrogen-bond donors (Lipinski definition) is 1. The molecular weight excluding hydrogens is 250 g/mol. The summed E-state index contributed by atoms with van der Waals surface area (Å²) < 4.78 is 8.68. The van der Waals surface area contributed by atoms with Gasteiger partial charge in [-0.1, -0.05) is 19.3 Å². The quantitative estimate of drug-likeness (QED) is 0.920. The Kier molecular flexibility index (Phi) is 4.13. The zero-order valence-corrected chi connectivity index (χ0v) is 12.6. The highest BCUT2D eigenvalue weighted by molar-refractivity contribution is 4.97. The number of ether oxygens (including phenoxy) is 1. The summed E-state index contributed by atoms with van der Waals surface area (Å²) in [5.41, 5.74) is 6.10. The molecule has 1 saturated heterocycles.